The van der Waals surface area contributed by atoms with Crippen molar-refractivity contribution in [3.63, 3.8) is 0 Å². The summed E-state index contributed by atoms with van der Waals surface area (Å²) in [5.74, 6) is -4.02. The van der Waals surface area contributed by atoms with E-state index in [1.165, 1.54) is 34.6 Å². The summed E-state index contributed by atoms with van der Waals surface area (Å²) < 4.78 is 18.2. The van der Waals surface area contributed by atoms with E-state index in [2.05, 4.69) is 51.8 Å². The van der Waals surface area contributed by atoms with Gasteiger partial charge in [0.25, 0.3) is 6.48 Å². The van der Waals surface area contributed by atoms with Gasteiger partial charge in [-0.25, -0.2) is 24.0 Å². The third-order valence-electron chi connectivity index (χ3n) is 2.54. The summed E-state index contributed by atoms with van der Waals surface area (Å²) in [6, 6.07) is 0. The quantitative estimate of drug-likeness (QED) is 0.192. The van der Waals surface area contributed by atoms with Gasteiger partial charge in [0.2, 0.25) is 0 Å². The molecule has 3 N–H and O–H groups in total. The summed E-state index contributed by atoms with van der Waals surface area (Å²) in [5.41, 5.74) is 0.562. The van der Waals surface area contributed by atoms with Crippen LogP contribution in [0.2, 0.25) is 0 Å². The van der Waals surface area contributed by atoms with Gasteiger partial charge in [0, 0.05) is 27.9 Å². The first-order valence-electron chi connectivity index (χ1n) is 9.04. The highest BCUT2D eigenvalue weighted by Gasteiger charge is 2.24. The first-order chi connectivity index (χ1) is 15.3. The maximum absolute atomic E-state index is 11.3. The molecule has 0 spiro atoms. The number of esters is 5. The number of rotatable bonds is 8. The van der Waals surface area contributed by atoms with E-state index in [1.54, 1.807) is 0 Å². The maximum atomic E-state index is 11.3. The molecular formula is C22H30O12. The molecule has 0 aliphatic carbocycles. The Morgan fingerprint density at radius 3 is 0.824 bits per heavy atom. The summed E-state index contributed by atoms with van der Waals surface area (Å²) in [7, 11) is 0. The average Bonchev–Trinajstić information content (AvgIpc) is 2.67. The number of ether oxygens (including phenoxy) is 4. The van der Waals surface area contributed by atoms with Gasteiger partial charge in [0.05, 0.1) is 0 Å². The second-order valence-corrected chi connectivity index (χ2v) is 6.43. The third-order valence-corrected chi connectivity index (χ3v) is 2.54. The van der Waals surface area contributed by atoms with Crippen molar-refractivity contribution in [2.24, 2.45) is 0 Å². The largest absolute Gasteiger partial charge is 0.413 e. The Balaban J connectivity index is -0.000000538. The zero-order valence-corrected chi connectivity index (χ0v) is 19.7. The van der Waals surface area contributed by atoms with Crippen LogP contribution in [0.25, 0.3) is 0 Å². The van der Waals surface area contributed by atoms with Crippen molar-refractivity contribution < 1.29 is 58.2 Å². The fourth-order valence-corrected chi connectivity index (χ4v) is 0.895. The van der Waals surface area contributed by atoms with Crippen LogP contribution >= 0.6 is 0 Å². The summed E-state index contributed by atoms with van der Waals surface area (Å²) >= 11 is 0. The maximum Gasteiger partial charge on any atom is 0.413 e. The Hall–Kier alpha value is -3.87. The van der Waals surface area contributed by atoms with Crippen LogP contribution in [0, 0.1) is 0 Å². The molecule has 12 heteroatoms. The zero-order chi connectivity index (χ0) is 27.8. The molecular weight excluding hydrogens is 456 g/mol. The number of aliphatic hydroxyl groups excluding tert-OH is 1. The highest BCUT2D eigenvalue weighted by Crippen LogP contribution is 2.08. The van der Waals surface area contributed by atoms with Crippen molar-refractivity contribution in [1.29, 1.82) is 0 Å². The molecule has 12 nitrogen and oxygen atoms in total. The standard InChI is InChI=1S/C13H16O6.C8H10O3.CH4O3/c1-7(2)10(14)17-13(18-11(15)8(3)4)19-12(16)9(5)6;1-5(2)7(9)11-8(10)6(3)4;2-1(3)4/h13H,1,3,5H2,2,4,6H3;1,3H2,2,4H3;1-4H. The fourth-order valence-electron chi connectivity index (χ4n) is 0.895. The highest BCUT2D eigenvalue weighted by atomic mass is 16.9. The number of carbonyl (C=O) groups excluding carboxylic acids is 5. The van der Waals surface area contributed by atoms with E-state index in [0.717, 1.165) is 0 Å². The summed E-state index contributed by atoms with van der Waals surface area (Å²) in [6.45, 7) is 19.8. The molecule has 0 aliphatic rings. The van der Waals surface area contributed by atoms with Gasteiger partial charge in [-0.1, -0.05) is 32.9 Å². The molecule has 0 aromatic heterocycles. The summed E-state index contributed by atoms with van der Waals surface area (Å²) in [6.07, 6.45) is 0. The molecule has 0 saturated heterocycles. The number of hydrogen-bond acceptors (Lipinski definition) is 12. The van der Waals surface area contributed by atoms with E-state index in [-0.39, 0.29) is 27.9 Å². The first-order valence-corrected chi connectivity index (χ1v) is 9.04. The number of aliphatic hydroxyl groups is 3. The van der Waals surface area contributed by atoms with Crippen molar-refractivity contribution in [2.75, 3.05) is 0 Å². The van der Waals surface area contributed by atoms with Crippen LogP contribution in [0.1, 0.15) is 34.6 Å². The number of hydrogen-bond donors (Lipinski definition) is 3. The lowest BCUT2D eigenvalue weighted by Crippen LogP contribution is -2.30. The van der Waals surface area contributed by atoms with Crippen molar-refractivity contribution in [3.8, 4) is 0 Å². The monoisotopic (exact) mass is 486 g/mol. The van der Waals surface area contributed by atoms with Crippen molar-refractivity contribution >= 4 is 29.8 Å². The molecule has 0 unspecified atom stereocenters. The van der Waals surface area contributed by atoms with E-state index in [1.807, 2.05) is 0 Å². The molecule has 0 amide bonds. The molecule has 0 atom stereocenters. The lowest BCUT2D eigenvalue weighted by atomic mass is 10.3. The van der Waals surface area contributed by atoms with Crippen LogP contribution in [0.4, 0.5) is 0 Å². The van der Waals surface area contributed by atoms with Crippen molar-refractivity contribution in [1.82, 2.24) is 0 Å². The molecule has 34 heavy (non-hydrogen) atoms. The van der Waals surface area contributed by atoms with Crippen LogP contribution in [-0.2, 0) is 42.9 Å². The topological polar surface area (TPSA) is 183 Å². The van der Waals surface area contributed by atoms with Crippen LogP contribution < -0.4 is 0 Å². The summed E-state index contributed by atoms with van der Waals surface area (Å²) in [4.78, 5) is 55.3. The Labute approximate surface area is 197 Å². The Morgan fingerprint density at radius 2 is 0.676 bits per heavy atom. The van der Waals surface area contributed by atoms with E-state index >= 15 is 0 Å². The Bertz CT molecular complexity index is 755. The predicted molar refractivity (Wildman–Crippen MR) is 118 cm³/mol. The van der Waals surface area contributed by atoms with E-state index in [0.29, 0.717) is 0 Å². The minimum absolute atomic E-state index is 0.0581. The second-order valence-electron chi connectivity index (χ2n) is 6.43. The van der Waals surface area contributed by atoms with Gasteiger partial charge in [-0.15, -0.1) is 0 Å². The van der Waals surface area contributed by atoms with Gasteiger partial charge in [-0.2, -0.15) is 0 Å². The van der Waals surface area contributed by atoms with Crippen LogP contribution in [-0.4, -0.2) is 58.1 Å². The fraction of sp³-hybridized carbons (Fsp3) is 0.318. The number of carbonyl (C=O) groups is 5. The SMILES string of the molecule is C=C(C)C(=O)OC(=O)C(=C)C.C=C(C)C(=O)OC(OC(=O)C(=C)C)OC(=O)C(=C)C.OC(O)O. The summed E-state index contributed by atoms with van der Waals surface area (Å²) in [5, 5.41) is 21.5. The van der Waals surface area contributed by atoms with Gasteiger partial charge in [-0.05, 0) is 34.6 Å². The van der Waals surface area contributed by atoms with Crippen molar-refractivity contribution in [3.05, 3.63) is 60.8 Å². The smallest absolute Gasteiger partial charge is 0.387 e. The van der Waals surface area contributed by atoms with Crippen LogP contribution in [0.15, 0.2) is 60.8 Å². The lowest BCUT2D eigenvalue weighted by Gasteiger charge is -2.17. The predicted octanol–water partition coefficient (Wildman–Crippen LogP) is 1.08. The molecule has 0 aromatic carbocycles. The third kappa shape index (κ3) is 20.1. The van der Waals surface area contributed by atoms with E-state index in [4.69, 9.17) is 15.3 Å². The van der Waals surface area contributed by atoms with Gasteiger partial charge in [-0.3, -0.25) is 0 Å². The molecule has 0 aromatic rings. The van der Waals surface area contributed by atoms with Gasteiger partial charge in [0.15, 0.2) is 0 Å². The Kier molecular flexibility index (Phi) is 18.0. The minimum Gasteiger partial charge on any atom is -0.387 e. The molecule has 0 radical (unpaired) electrons. The van der Waals surface area contributed by atoms with Gasteiger partial charge in [0.1, 0.15) is 0 Å². The molecule has 0 bridgehead atoms. The average molecular weight is 486 g/mol. The Morgan fingerprint density at radius 1 is 0.500 bits per heavy atom. The van der Waals surface area contributed by atoms with E-state index in [9.17, 15) is 24.0 Å². The van der Waals surface area contributed by atoms with Crippen molar-refractivity contribution in [2.45, 2.75) is 47.6 Å². The molecule has 0 fully saturated rings. The molecule has 190 valence electrons. The van der Waals surface area contributed by atoms with Gasteiger partial charge < -0.3 is 34.3 Å². The molecule has 0 aliphatic heterocycles. The minimum atomic E-state index is -2.17. The molecule has 0 rings (SSSR count). The van der Waals surface area contributed by atoms with Crippen LogP contribution in [0.3, 0.4) is 0 Å². The highest BCUT2D eigenvalue weighted by molar-refractivity contribution is 6.00. The normalized spacial score (nSPS) is 9.12. The second kappa shape index (κ2) is 17.7. The zero-order valence-electron chi connectivity index (χ0n) is 19.7. The molecule has 0 heterocycles. The van der Waals surface area contributed by atoms with Crippen LogP contribution in [0.5, 0.6) is 0 Å². The molecule has 0 saturated carbocycles. The van der Waals surface area contributed by atoms with Gasteiger partial charge >= 0.3 is 36.3 Å². The van der Waals surface area contributed by atoms with E-state index < -0.39 is 42.8 Å². The first kappa shape index (κ1) is 34.7. The lowest BCUT2D eigenvalue weighted by molar-refractivity contribution is -0.252.